The Balaban J connectivity index is 0.924. The molecule has 3 aromatic carbocycles. The molecule has 3 aromatic heterocycles. The smallest absolute Gasteiger partial charge is 0.407 e. The maximum atomic E-state index is 14.2. The first-order valence-electron chi connectivity index (χ1n) is 21.3. The van der Waals surface area contributed by atoms with E-state index >= 15 is 0 Å². The lowest BCUT2D eigenvalue weighted by molar-refractivity contribution is -0.141. The molecule has 0 radical (unpaired) electrons. The third-order valence-corrected chi connectivity index (χ3v) is 12.0. The van der Waals surface area contributed by atoms with Crippen molar-refractivity contribution in [2.45, 2.75) is 70.2 Å². The predicted octanol–water partition coefficient (Wildman–Crippen LogP) is 7.91. The number of aromatic nitrogens is 5. The minimum atomic E-state index is -1.01. The molecule has 61 heavy (non-hydrogen) atoms. The summed E-state index contributed by atoms with van der Waals surface area (Å²) in [6.45, 7) is 7.05. The molecule has 2 aliphatic rings. The molecule has 13 nitrogen and oxygen atoms in total. The second kappa shape index (κ2) is 18.8. The summed E-state index contributed by atoms with van der Waals surface area (Å²) in [7, 11) is 1.47. The van der Waals surface area contributed by atoms with Gasteiger partial charge in [0.2, 0.25) is 5.91 Å². The molecule has 0 unspecified atom stereocenters. The number of rotatable bonds is 14. The summed E-state index contributed by atoms with van der Waals surface area (Å²) < 4.78 is 5.54. The number of nitrogens with zero attached hydrogens (tertiary/aromatic N) is 6. The Morgan fingerprint density at radius 2 is 1.23 bits per heavy atom. The zero-order chi connectivity index (χ0) is 42.3. The number of H-pyrrole nitrogens is 2. The van der Waals surface area contributed by atoms with Gasteiger partial charge in [0.25, 0.3) is 5.91 Å². The third-order valence-electron chi connectivity index (χ3n) is 12.0. The highest BCUT2D eigenvalue weighted by molar-refractivity contribution is 5.85. The van der Waals surface area contributed by atoms with Crippen LogP contribution in [0, 0.1) is 0 Å². The zero-order valence-corrected chi connectivity index (χ0v) is 35.0. The number of likely N-dealkylation sites (tertiary alicyclic amines) is 2. The van der Waals surface area contributed by atoms with E-state index in [0.717, 1.165) is 83.8 Å². The SMILES string of the molecule is CCN(CC)[C@@H](C(=O)N1CCC[C@H]1c1ncc(-c2ccc(-c3ccc(-c4cnc([C@@H]5CCCN5C(=O)[C@H](Cc5ccccn5)OC(=O)NC)[nH]4)cc3)cc2)[nH]1)c1ccccc1. The second-order valence-corrected chi connectivity index (χ2v) is 15.6. The highest BCUT2D eigenvalue weighted by Gasteiger charge is 2.39. The van der Waals surface area contributed by atoms with E-state index in [4.69, 9.17) is 14.7 Å². The minimum Gasteiger partial charge on any atom is -0.436 e. The molecule has 314 valence electrons. The maximum Gasteiger partial charge on any atom is 0.407 e. The fraction of sp³-hybridized carbons (Fsp3) is 0.333. The van der Waals surface area contributed by atoms with Crippen molar-refractivity contribution in [3.63, 3.8) is 0 Å². The van der Waals surface area contributed by atoms with E-state index in [1.807, 2.05) is 41.4 Å². The van der Waals surface area contributed by atoms with E-state index < -0.39 is 12.2 Å². The van der Waals surface area contributed by atoms with Crippen molar-refractivity contribution >= 4 is 17.9 Å². The van der Waals surface area contributed by atoms with Gasteiger partial charge in [-0.2, -0.15) is 0 Å². The van der Waals surface area contributed by atoms with E-state index in [-0.39, 0.29) is 36.4 Å². The van der Waals surface area contributed by atoms with E-state index in [1.54, 1.807) is 23.4 Å². The molecule has 8 rings (SSSR count). The van der Waals surface area contributed by atoms with Crippen molar-refractivity contribution in [2.75, 3.05) is 33.2 Å². The normalized spacial score (nSPS) is 17.4. The lowest BCUT2D eigenvalue weighted by Crippen LogP contribution is -2.43. The number of benzene rings is 3. The van der Waals surface area contributed by atoms with Crippen LogP contribution in [0.3, 0.4) is 0 Å². The number of imidazole rings is 2. The fourth-order valence-electron chi connectivity index (χ4n) is 8.77. The first-order chi connectivity index (χ1) is 29.8. The van der Waals surface area contributed by atoms with Gasteiger partial charge in [-0.3, -0.25) is 19.5 Å². The maximum absolute atomic E-state index is 14.2. The van der Waals surface area contributed by atoms with Crippen LogP contribution in [0.25, 0.3) is 33.6 Å². The molecule has 3 amide bonds. The Morgan fingerprint density at radius 1 is 0.705 bits per heavy atom. The van der Waals surface area contributed by atoms with E-state index in [0.29, 0.717) is 24.6 Å². The number of nitrogens with one attached hydrogen (secondary N) is 3. The van der Waals surface area contributed by atoms with E-state index in [2.05, 4.69) is 99.7 Å². The van der Waals surface area contributed by atoms with Crippen molar-refractivity contribution in [3.8, 4) is 33.6 Å². The van der Waals surface area contributed by atoms with Gasteiger partial charge in [-0.05, 0) is 78.7 Å². The van der Waals surface area contributed by atoms with Crippen molar-refractivity contribution in [1.82, 2.24) is 44.9 Å². The predicted molar refractivity (Wildman–Crippen MR) is 234 cm³/mol. The molecule has 0 aliphatic carbocycles. The lowest BCUT2D eigenvalue weighted by Gasteiger charge is -2.34. The Morgan fingerprint density at radius 3 is 1.74 bits per heavy atom. The largest absolute Gasteiger partial charge is 0.436 e. The third kappa shape index (κ3) is 8.97. The monoisotopic (exact) mass is 819 g/mol. The van der Waals surface area contributed by atoms with Gasteiger partial charge in [-0.15, -0.1) is 0 Å². The van der Waals surface area contributed by atoms with E-state index in [9.17, 15) is 14.4 Å². The molecule has 0 spiro atoms. The summed E-state index contributed by atoms with van der Waals surface area (Å²) in [5, 5.41) is 2.45. The number of carbonyl (C=O) groups excluding carboxylic acids is 3. The van der Waals surface area contributed by atoms with Crippen LogP contribution >= 0.6 is 0 Å². The molecule has 2 aliphatic heterocycles. The molecule has 3 N–H and O–H groups in total. The van der Waals surface area contributed by atoms with Crippen LogP contribution in [-0.4, -0.2) is 96.9 Å². The van der Waals surface area contributed by atoms with E-state index in [1.165, 1.54) is 7.05 Å². The Kier molecular flexibility index (Phi) is 12.7. The average molecular weight is 820 g/mol. The van der Waals surface area contributed by atoms with Gasteiger partial charge in [0.1, 0.15) is 17.7 Å². The average Bonchev–Trinajstić information content (AvgIpc) is 4.16. The number of alkyl carbamates (subject to hydrolysis) is 1. The highest BCUT2D eigenvalue weighted by atomic mass is 16.6. The number of carbonyl (C=O) groups is 3. The standard InChI is InChI=1S/C48H53N9O4/c1-4-55(5-2)43(36-13-7-6-8-14-36)47(59)57-28-12-17-41(57)45-52-31-39(54-45)35-24-20-33(21-25-35)32-18-22-34(23-19-32)38-30-51-44(53-38)40-16-11-27-56(40)46(58)42(61-48(60)49-3)29-37-15-9-10-26-50-37/h6-10,13-15,18-26,30-31,40-43H,4-5,11-12,16-17,27-29H2,1-3H3,(H,49,60)(H,51,53)(H,52,54)/t40-,41-,42-,43+/m0/s1. The summed E-state index contributed by atoms with van der Waals surface area (Å²) in [4.78, 5) is 67.2. The Labute approximate surface area is 356 Å². The molecule has 6 aromatic rings. The van der Waals surface area contributed by atoms with Gasteiger partial charge in [-0.1, -0.05) is 98.8 Å². The van der Waals surface area contributed by atoms with Gasteiger partial charge in [0.05, 0.1) is 35.9 Å². The Bertz CT molecular complexity index is 2400. The first kappa shape index (κ1) is 41.1. The molecular formula is C48H53N9O4. The topological polar surface area (TPSA) is 152 Å². The second-order valence-electron chi connectivity index (χ2n) is 15.6. The van der Waals surface area contributed by atoms with Crippen LogP contribution in [0.15, 0.2) is 116 Å². The summed E-state index contributed by atoms with van der Waals surface area (Å²) in [5.74, 6) is 1.37. The number of pyridine rings is 1. The van der Waals surface area contributed by atoms with Crippen molar-refractivity contribution in [1.29, 1.82) is 0 Å². The van der Waals surface area contributed by atoms with Gasteiger partial charge >= 0.3 is 6.09 Å². The van der Waals surface area contributed by atoms with Gasteiger partial charge < -0.3 is 29.8 Å². The first-order valence-corrected chi connectivity index (χ1v) is 21.3. The van der Waals surface area contributed by atoms with Crippen LogP contribution < -0.4 is 5.32 Å². The molecule has 4 atom stereocenters. The van der Waals surface area contributed by atoms with Crippen molar-refractivity contribution < 1.29 is 19.1 Å². The van der Waals surface area contributed by atoms with Crippen LogP contribution in [0.4, 0.5) is 4.79 Å². The molecule has 2 fully saturated rings. The molecule has 2 saturated heterocycles. The number of ether oxygens (including phenoxy) is 1. The summed E-state index contributed by atoms with van der Waals surface area (Å²) in [6.07, 6.45) is 7.19. The lowest BCUT2D eigenvalue weighted by atomic mass is 10.0. The summed E-state index contributed by atoms with van der Waals surface area (Å²) in [6, 6.07) is 31.6. The van der Waals surface area contributed by atoms with Crippen molar-refractivity contribution in [3.05, 3.63) is 139 Å². The fourth-order valence-corrected chi connectivity index (χ4v) is 8.77. The molecule has 0 saturated carbocycles. The summed E-state index contributed by atoms with van der Waals surface area (Å²) >= 11 is 0. The number of likely N-dealkylation sites (N-methyl/N-ethyl adjacent to an activating group) is 1. The van der Waals surface area contributed by atoms with Gasteiger partial charge in [-0.25, -0.2) is 14.8 Å². The number of hydrogen-bond acceptors (Lipinski definition) is 8. The number of hydrogen-bond donors (Lipinski definition) is 3. The summed E-state index contributed by atoms with van der Waals surface area (Å²) in [5.41, 5.74) is 7.60. The Hall–Kier alpha value is -6.60. The van der Waals surface area contributed by atoms with Crippen LogP contribution in [0.2, 0.25) is 0 Å². The minimum absolute atomic E-state index is 0.101. The molecule has 0 bridgehead atoms. The highest BCUT2D eigenvalue weighted by Crippen LogP contribution is 2.37. The van der Waals surface area contributed by atoms with Gasteiger partial charge in [0.15, 0.2) is 6.10 Å². The molecule has 13 heteroatoms. The van der Waals surface area contributed by atoms with Crippen LogP contribution in [0.1, 0.15) is 80.6 Å². The number of aromatic amines is 2. The zero-order valence-electron chi connectivity index (χ0n) is 35.0. The van der Waals surface area contributed by atoms with Gasteiger partial charge in [0, 0.05) is 38.4 Å². The molecular weight excluding hydrogens is 767 g/mol. The van der Waals surface area contributed by atoms with Crippen LogP contribution in [-0.2, 0) is 20.7 Å². The molecule has 5 heterocycles. The van der Waals surface area contributed by atoms with Crippen molar-refractivity contribution in [2.24, 2.45) is 0 Å². The quantitative estimate of drug-likeness (QED) is 0.100. The van der Waals surface area contributed by atoms with Crippen LogP contribution in [0.5, 0.6) is 0 Å². The number of amides is 3.